The second kappa shape index (κ2) is 7.40. The van der Waals surface area contributed by atoms with E-state index in [0.29, 0.717) is 6.54 Å². The van der Waals surface area contributed by atoms with E-state index in [0.717, 1.165) is 41.4 Å². The van der Waals surface area contributed by atoms with E-state index < -0.39 is 0 Å². The van der Waals surface area contributed by atoms with Gasteiger partial charge in [-0.25, -0.2) is 4.98 Å². The minimum Gasteiger partial charge on any atom is -0.283 e. The van der Waals surface area contributed by atoms with Crippen molar-refractivity contribution in [2.75, 3.05) is 5.75 Å². The topological polar surface area (TPSA) is 34.9 Å². The van der Waals surface area contributed by atoms with Crippen molar-refractivity contribution in [3.63, 3.8) is 0 Å². The molecule has 1 aromatic heterocycles. The standard InChI is InChI=1S/C24H28N2OS/c1-5-13-26-22(27)20-21(25-23(26)28-14-6-2)19-17(4)10-9-16(3)18(19)15-24(20)11-7-8-12-24/h5-6,9-10H,1-2,7-8,11-15H2,3-4H3. The molecule has 28 heavy (non-hydrogen) atoms. The van der Waals surface area contributed by atoms with Gasteiger partial charge in [0.25, 0.3) is 5.56 Å². The van der Waals surface area contributed by atoms with Crippen LogP contribution < -0.4 is 5.56 Å². The minimum atomic E-state index is -0.0600. The third-order valence-electron chi connectivity index (χ3n) is 6.37. The highest BCUT2D eigenvalue weighted by atomic mass is 32.2. The summed E-state index contributed by atoms with van der Waals surface area (Å²) in [7, 11) is 0. The summed E-state index contributed by atoms with van der Waals surface area (Å²) in [6.45, 7) is 12.5. The Hall–Kier alpha value is -2.07. The molecule has 0 aliphatic heterocycles. The van der Waals surface area contributed by atoms with E-state index in [1.807, 2.05) is 10.6 Å². The monoisotopic (exact) mass is 392 g/mol. The summed E-state index contributed by atoms with van der Waals surface area (Å²) in [6, 6.07) is 4.38. The fourth-order valence-electron chi connectivity index (χ4n) is 5.06. The van der Waals surface area contributed by atoms with Crippen LogP contribution >= 0.6 is 11.8 Å². The van der Waals surface area contributed by atoms with Gasteiger partial charge in [-0.15, -0.1) is 13.2 Å². The maximum Gasteiger partial charge on any atom is 0.258 e. The molecule has 2 aromatic rings. The van der Waals surface area contributed by atoms with Gasteiger partial charge in [0.15, 0.2) is 5.16 Å². The summed E-state index contributed by atoms with van der Waals surface area (Å²) in [5, 5.41) is 0.769. The van der Waals surface area contributed by atoms with Crippen LogP contribution in [0.3, 0.4) is 0 Å². The van der Waals surface area contributed by atoms with Crippen molar-refractivity contribution >= 4 is 11.8 Å². The Kier molecular flexibility index (Phi) is 5.09. The highest BCUT2D eigenvalue weighted by Gasteiger charge is 2.45. The lowest BCUT2D eigenvalue weighted by atomic mass is 9.67. The van der Waals surface area contributed by atoms with E-state index in [9.17, 15) is 4.79 Å². The van der Waals surface area contributed by atoms with Gasteiger partial charge in [-0.1, -0.05) is 48.9 Å². The van der Waals surface area contributed by atoms with E-state index in [4.69, 9.17) is 4.98 Å². The Morgan fingerprint density at radius 2 is 1.89 bits per heavy atom. The molecule has 1 spiro atoms. The molecule has 2 aliphatic carbocycles. The average molecular weight is 393 g/mol. The van der Waals surface area contributed by atoms with Crippen molar-refractivity contribution in [3.05, 3.63) is 70.1 Å². The van der Waals surface area contributed by atoms with Gasteiger partial charge in [0.1, 0.15) is 0 Å². The van der Waals surface area contributed by atoms with Crippen LogP contribution in [-0.2, 0) is 18.4 Å². The van der Waals surface area contributed by atoms with Crippen LogP contribution in [0.5, 0.6) is 0 Å². The number of nitrogens with zero attached hydrogens (tertiary/aromatic N) is 2. The van der Waals surface area contributed by atoms with Gasteiger partial charge in [-0.3, -0.25) is 9.36 Å². The molecule has 1 heterocycles. The molecule has 146 valence electrons. The maximum absolute atomic E-state index is 13.8. The molecule has 0 atom stereocenters. The fourth-order valence-corrected chi connectivity index (χ4v) is 5.80. The number of aryl methyl sites for hydroxylation is 2. The second-order valence-electron chi connectivity index (χ2n) is 8.14. The zero-order chi connectivity index (χ0) is 19.9. The predicted molar refractivity (Wildman–Crippen MR) is 118 cm³/mol. The van der Waals surface area contributed by atoms with E-state index in [-0.39, 0.29) is 11.0 Å². The minimum absolute atomic E-state index is 0.0600. The number of hydrogen-bond donors (Lipinski definition) is 0. The van der Waals surface area contributed by atoms with Gasteiger partial charge >= 0.3 is 0 Å². The van der Waals surface area contributed by atoms with Crippen molar-refractivity contribution in [1.29, 1.82) is 0 Å². The number of allylic oxidation sites excluding steroid dienone is 1. The first kappa shape index (κ1) is 19.3. The first-order chi connectivity index (χ1) is 13.5. The van der Waals surface area contributed by atoms with Crippen molar-refractivity contribution in [1.82, 2.24) is 9.55 Å². The highest BCUT2D eigenvalue weighted by molar-refractivity contribution is 7.99. The molecule has 0 N–H and O–H groups in total. The summed E-state index contributed by atoms with van der Waals surface area (Å²) in [4.78, 5) is 18.9. The van der Waals surface area contributed by atoms with Crippen LogP contribution in [0.1, 0.15) is 47.9 Å². The third-order valence-corrected chi connectivity index (χ3v) is 7.35. The highest BCUT2D eigenvalue weighted by Crippen LogP contribution is 2.51. The SMILES string of the molecule is C=CCSc1nc2c(c(=O)n1CC=C)C1(CCCC1)Cc1c(C)ccc(C)c1-2. The first-order valence-corrected chi connectivity index (χ1v) is 11.1. The van der Waals surface area contributed by atoms with Gasteiger partial charge in [0.2, 0.25) is 0 Å². The van der Waals surface area contributed by atoms with Crippen molar-refractivity contribution < 1.29 is 0 Å². The zero-order valence-corrected chi connectivity index (χ0v) is 17.7. The van der Waals surface area contributed by atoms with Gasteiger partial charge in [0, 0.05) is 23.3 Å². The molecule has 0 amide bonds. The van der Waals surface area contributed by atoms with E-state index in [1.54, 1.807) is 17.8 Å². The molecule has 0 unspecified atom stereocenters. The number of fused-ring (bicyclic) bond motifs is 4. The lowest BCUT2D eigenvalue weighted by Crippen LogP contribution is -2.40. The smallest absolute Gasteiger partial charge is 0.258 e. The molecule has 4 heteroatoms. The van der Waals surface area contributed by atoms with E-state index in [1.165, 1.54) is 35.1 Å². The molecule has 0 radical (unpaired) electrons. The third kappa shape index (κ3) is 2.89. The van der Waals surface area contributed by atoms with Gasteiger partial charge in [-0.2, -0.15) is 0 Å². The van der Waals surface area contributed by atoms with Crippen LogP contribution in [0, 0.1) is 13.8 Å². The molecular formula is C24H28N2OS. The van der Waals surface area contributed by atoms with Crippen LogP contribution in [0.2, 0.25) is 0 Å². The van der Waals surface area contributed by atoms with Crippen molar-refractivity contribution in [2.24, 2.45) is 0 Å². The van der Waals surface area contributed by atoms with Crippen LogP contribution in [0.4, 0.5) is 0 Å². The molecule has 0 bridgehead atoms. The summed E-state index contributed by atoms with van der Waals surface area (Å²) < 4.78 is 1.82. The summed E-state index contributed by atoms with van der Waals surface area (Å²) in [6.07, 6.45) is 9.15. The molecule has 0 saturated heterocycles. The Balaban J connectivity index is 2.07. The number of aromatic nitrogens is 2. The molecule has 3 nitrogen and oxygen atoms in total. The molecule has 1 aromatic carbocycles. The quantitative estimate of drug-likeness (QED) is 0.390. The molecule has 1 saturated carbocycles. The Labute approximate surface area is 171 Å². The van der Waals surface area contributed by atoms with Crippen molar-refractivity contribution in [2.45, 2.75) is 63.1 Å². The summed E-state index contributed by atoms with van der Waals surface area (Å²) in [5.41, 5.74) is 7.06. The van der Waals surface area contributed by atoms with Crippen LogP contribution in [0.15, 0.2) is 47.4 Å². The Morgan fingerprint density at radius 1 is 1.18 bits per heavy atom. The van der Waals surface area contributed by atoms with E-state index >= 15 is 0 Å². The maximum atomic E-state index is 13.8. The lowest BCUT2D eigenvalue weighted by Gasteiger charge is -2.37. The lowest BCUT2D eigenvalue weighted by molar-refractivity contribution is 0.417. The largest absolute Gasteiger partial charge is 0.283 e. The predicted octanol–water partition coefficient (Wildman–Crippen LogP) is 5.36. The summed E-state index contributed by atoms with van der Waals surface area (Å²) >= 11 is 1.58. The van der Waals surface area contributed by atoms with Gasteiger partial charge < -0.3 is 0 Å². The average Bonchev–Trinajstić information content (AvgIpc) is 3.14. The molecular weight excluding hydrogens is 364 g/mol. The molecule has 1 fully saturated rings. The van der Waals surface area contributed by atoms with Crippen LogP contribution in [-0.4, -0.2) is 15.3 Å². The first-order valence-electron chi connectivity index (χ1n) is 10.1. The number of thioether (sulfide) groups is 1. The summed E-state index contributed by atoms with van der Waals surface area (Å²) in [5.74, 6) is 0.729. The van der Waals surface area contributed by atoms with Gasteiger partial charge in [0.05, 0.1) is 11.3 Å². The van der Waals surface area contributed by atoms with Crippen LogP contribution in [0.25, 0.3) is 11.3 Å². The number of hydrogen-bond acceptors (Lipinski definition) is 3. The van der Waals surface area contributed by atoms with E-state index in [2.05, 4.69) is 39.1 Å². The number of benzene rings is 1. The molecule has 4 rings (SSSR count). The zero-order valence-electron chi connectivity index (χ0n) is 16.9. The van der Waals surface area contributed by atoms with Gasteiger partial charge in [-0.05, 0) is 49.8 Å². The fraction of sp³-hybridized carbons (Fsp3) is 0.417. The Bertz CT molecular complexity index is 1010. The molecule has 2 aliphatic rings. The van der Waals surface area contributed by atoms with Crippen molar-refractivity contribution in [3.8, 4) is 11.3 Å². The normalized spacial score (nSPS) is 16.6. The Morgan fingerprint density at radius 3 is 2.57 bits per heavy atom. The number of rotatable bonds is 5. The second-order valence-corrected chi connectivity index (χ2v) is 9.13.